The summed E-state index contributed by atoms with van der Waals surface area (Å²) in [6, 6.07) is 5.73. The molecule has 0 aromatic carbocycles. The number of hydrogen-bond acceptors (Lipinski definition) is 9. The van der Waals surface area contributed by atoms with Crippen molar-refractivity contribution in [2.75, 3.05) is 32.9 Å². The standard InChI is InChI=1S/C26H26ClFN8O3/c1-15-24(32-33-36(15)19-2-4-34(5-3-19)20-12-38-13-20)16-6-23(26-17(8-29)9-31-35(26)11-16)39-14-22(37)25-21(27)7-18(28)10-30-25/h6-7,9-11,19-20,22,37H,2-5,12-14H2,1H3/t22-/m1/s1. The van der Waals surface area contributed by atoms with E-state index in [4.69, 9.17) is 21.1 Å². The van der Waals surface area contributed by atoms with Crippen molar-refractivity contribution in [2.45, 2.75) is 38.0 Å². The van der Waals surface area contributed by atoms with Crippen LogP contribution in [0.25, 0.3) is 16.8 Å². The Kier molecular flexibility index (Phi) is 6.90. The van der Waals surface area contributed by atoms with Gasteiger partial charge in [0.05, 0.1) is 54.1 Å². The smallest absolute Gasteiger partial charge is 0.147 e. The molecule has 6 heterocycles. The molecule has 1 N–H and O–H groups in total. The normalized spacial score (nSPS) is 17.7. The van der Waals surface area contributed by atoms with Crippen molar-refractivity contribution in [3.8, 4) is 23.1 Å². The molecule has 6 rings (SSSR count). The maximum atomic E-state index is 13.4. The van der Waals surface area contributed by atoms with Gasteiger partial charge in [0, 0.05) is 24.8 Å². The Morgan fingerprint density at radius 2 is 2.05 bits per heavy atom. The van der Waals surface area contributed by atoms with Crippen LogP contribution in [0.15, 0.2) is 30.7 Å². The number of rotatable bonds is 7. The lowest BCUT2D eigenvalue weighted by atomic mass is 10.0. The number of nitriles is 1. The van der Waals surface area contributed by atoms with Gasteiger partial charge in [-0.3, -0.25) is 9.88 Å². The van der Waals surface area contributed by atoms with Crippen LogP contribution < -0.4 is 4.74 Å². The van der Waals surface area contributed by atoms with Crippen LogP contribution in [0.5, 0.6) is 5.75 Å². The number of pyridine rings is 2. The highest BCUT2D eigenvalue weighted by Gasteiger charge is 2.31. The largest absolute Gasteiger partial charge is 0.488 e. The molecule has 4 aromatic heterocycles. The number of nitrogens with zero attached hydrogens (tertiary/aromatic N) is 8. The zero-order valence-corrected chi connectivity index (χ0v) is 21.9. The maximum Gasteiger partial charge on any atom is 0.147 e. The van der Waals surface area contributed by atoms with Crippen molar-refractivity contribution in [3.63, 3.8) is 0 Å². The lowest BCUT2D eigenvalue weighted by Gasteiger charge is -2.41. The van der Waals surface area contributed by atoms with E-state index in [1.807, 2.05) is 11.6 Å². The van der Waals surface area contributed by atoms with Crippen molar-refractivity contribution in [3.05, 3.63) is 58.5 Å². The van der Waals surface area contributed by atoms with Crippen LogP contribution in [0.1, 0.15) is 41.9 Å². The van der Waals surface area contributed by atoms with E-state index in [1.54, 1.807) is 16.8 Å². The Labute approximate surface area is 228 Å². The molecule has 2 aliphatic rings. The molecule has 4 aromatic rings. The minimum atomic E-state index is -1.23. The summed E-state index contributed by atoms with van der Waals surface area (Å²) >= 11 is 6.05. The van der Waals surface area contributed by atoms with E-state index >= 15 is 0 Å². The van der Waals surface area contributed by atoms with Gasteiger partial charge in [0.25, 0.3) is 0 Å². The summed E-state index contributed by atoms with van der Waals surface area (Å²) in [5.74, 6) is -0.282. The molecule has 13 heteroatoms. The number of aliphatic hydroxyl groups excluding tert-OH is 1. The molecular weight excluding hydrogens is 527 g/mol. The van der Waals surface area contributed by atoms with Crippen molar-refractivity contribution in [1.82, 2.24) is 34.5 Å². The van der Waals surface area contributed by atoms with E-state index in [9.17, 15) is 14.8 Å². The minimum absolute atomic E-state index is 0.00819. The van der Waals surface area contributed by atoms with E-state index in [2.05, 4.69) is 31.4 Å². The minimum Gasteiger partial charge on any atom is -0.488 e. The van der Waals surface area contributed by atoms with Crippen LogP contribution in [-0.2, 0) is 4.74 Å². The second kappa shape index (κ2) is 10.5. The Morgan fingerprint density at radius 3 is 2.74 bits per heavy atom. The van der Waals surface area contributed by atoms with Crippen molar-refractivity contribution in [2.24, 2.45) is 0 Å². The third kappa shape index (κ3) is 4.83. The van der Waals surface area contributed by atoms with Gasteiger partial charge in [-0.2, -0.15) is 10.4 Å². The molecule has 0 spiro atoms. The van der Waals surface area contributed by atoms with Gasteiger partial charge < -0.3 is 14.6 Å². The lowest BCUT2D eigenvalue weighted by molar-refractivity contribution is -0.0735. The molecule has 0 saturated carbocycles. The number of ether oxygens (including phenoxy) is 2. The van der Waals surface area contributed by atoms with Crippen molar-refractivity contribution in [1.29, 1.82) is 5.26 Å². The molecule has 2 saturated heterocycles. The monoisotopic (exact) mass is 552 g/mol. The number of likely N-dealkylation sites (tertiary alicyclic amines) is 1. The van der Waals surface area contributed by atoms with Crippen LogP contribution in [0.2, 0.25) is 5.02 Å². The molecule has 202 valence electrons. The molecule has 0 unspecified atom stereocenters. The molecule has 0 radical (unpaired) electrons. The van der Waals surface area contributed by atoms with Gasteiger partial charge in [-0.25, -0.2) is 13.6 Å². The van der Waals surface area contributed by atoms with E-state index in [1.165, 1.54) is 6.20 Å². The van der Waals surface area contributed by atoms with Crippen molar-refractivity contribution < 1.29 is 19.0 Å². The summed E-state index contributed by atoms with van der Waals surface area (Å²) in [5.41, 5.74) is 3.14. The van der Waals surface area contributed by atoms with Gasteiger partial charge in [-0.1, -0.05) is 16.8 Å². The summed E-state index contributed by atoms with van der Waals surface area (Å²) < 4.78 is 28.2. The third-order valence-electron chi connectivity index (χ3n) is 7.43. The first-order valence-corrected chi connectivity index (χ1v) is 13.1. The molecule has 11 nitrogen and oxygen atoms in total. The molecule has 39 heavy (non-hydrogen) atoms. The predicted octanol–water partition coefficient (Wildman–Crippen LogP) is 3.11. The summed E-state index contributed by atoms with van der Waals surface area (Å²) in [4.78, 5) is 6.37. The molecule has 0 bridgehead atoms. The summed E-state index contributed by atoms with van der Waals surface area (Å²) in [6.45, 7) is 5.38. The Morgan fingerprint density at radius 1 is 1.26 bits per heavy atom. The molecule has 2 aliphatic heterocycles. The molecule has 1 atom stereocenters. The number of aromatic nitrogens is 6. The van der Waals surface area contributed by atoms with Crippen LogP contribution in [-0.4, -0.2) is 78.6 Å². The Bertz CT molecular complexity index is 1550. The Balaban J connectivity index is 1.26. The van der Waals surface area contributed by atoms with E-state index < -0.39 is 11.9 Å². The average molecular weight is 553 g/mol. The molecule has 0 amide bonds. The molecular formula is C26H26ClFN8O3. The second-order valence-electron chi connectivity index (χ2n) is 9.83. The van der Waals surface area contributed by atoms with Gasteiger partial charge in [0.2, 0.25) is 0 Å². The predicted molar refractivity (Wildman–Crippen MR) is 138 cm³/mol. The zero-order valence-electron chi connectivity index (χ0n) is 21.2. The van der Waals surface area contributed by atoms with Crippen molar-refractivity contribution >= 4 is 17.1 Å². The van der Waals surface area contributed by atoms with Gasteiger partial charge in [0.15, 0.2) is 0 Å². The van der Waals surface area contributed by atoms with Crippen LogP contribution >= 0.6 is 11.6 Å². The molecule has 0 aliphatic carbocycles. The zero-order chi connectivity index (χ0) is 27.1. The molecule has 2 fully saturated rings. The fourth-order valence-corrected chi connectivity index (χ4v) is 5.49. The second-order valence-corrected chi connectivity index (χ2v) is 10.2. The number of halogens is 2. The number of piperidine rings is 1. The summed E-state index contributed by atoms with van der Waals surface area (Å²) in [6.07, 6.45) is 4.94. The van der Waals surface area contributed by atoms with E-state index in [0.717, 1.165) is 57.1 Å². The fourth-order valence-electron chi connectivity index (χ4n) is 5.21. The quantitative estimate of drug-likeness (QED) is 0.368. The van der Waals surface area contributed by atoms with E-state index in [0.29, 0.717) is 34.1 Å². The van der Waals surface area contributed by atoms with E-state index in [-0.39, 0.29) is 23.4 Å². The van der Waals surface area contributed by atoms with Crippen LogP contribution in [0.3, 0.4) is 0 Å². The fraction of sp³-hybridized carbons (Fsp3) is 0.423. The lowest BCUT2D eigenvalue weighted by Crippen LogP contribution is -2.52. The van der Waals surface area contributed by atoms with Gasteiger partial charge >= 0.3 is 0 Å². The van der Waals surface area contributed by atoms with Gasteiger partial charge in [-0.15, -0.1) is 5.10 Å². The maximum absolute atomic E-state index is 13.4. The highest BCUT2D eigenvalue weighted by Crippen LogP contribution is 2.33. The average Bonchev–Trinajstić information content (AvgIpc) is 3.49. The number of aliphatic hydroxyl groups is 1. The first-order valence-electron chi connectivity index (χ1n) is 12.7. The highest BCUT2D eigenvalue weighted by atomic mass is 35.5. The van der Waals surface area contributed by atoms with Gasteiger partial charge in [0.1, 0.15) is 47.1 Å². The SMILES string of the molecule is Cc1c(-c2cc(OC[C@@H](O)c3ncc(F)cc3Cl)c3c(C#N)cnn3c2)nnn1C1CCN(C2COC2)CC1. The Hall–Kier alpha value is -3.63. The number of hydrogen-bond donors (Lipinski definition) is 1. The van der Waals surface area contributed by atoms with Gasteiger partial charge in [-0.05, 0) is 31.9 Å². The first-order chi connectivity index (χ1) is 18.9. The first kappa shape index (κ1) is 25.6. The highest BCUT2D eigenvalue weighted by molar-refractivity contribution is 6.31. The topological polar surface area (TPSA) is 127 Å². The van der Waals surface area contributed by atoms with Crippen LogP contribution in [0.4, 0.5) is 4.39 Å². The number of fused-ring (bicyclic) bond motifs is 1. The third-order valence-corrected chi connectivity index (χ3v) is 7.73. The summed E-state index contributed by atoms with van der Waals surface area (Å²) in [5, 5.41) is 33.5. The summed E-state index contributed by atoms with van der Waals surface area (Å²) in [7, 11) is 0. The van der Waals surface area contributed by atoms with Crippen LogP contribution in [0, 0.1) is 24.1 Å².